The Bertz CT molecular complexity index is 1500. The Balaban J connectivity index is 4.42. The highest BCUT2D eigenvalue weighted by Gasteiger charge is 2.19. The molecular formula is C65H106O6. The van der Waals surface area contributed by atoms with Gasteiger partial charge < -0.3 is 14.2 Å². The largest absolute Gasteiger partial charge is 0.462 e. The van der Waals surface area contributed by atoms with Crippen LogP contribution < -0.4 is 0 Å². The zero-order chi connectivity index (χ0) is 51.4. The summed E-state index contributed by atoms with van der Waals surface area (Å²) in [6, 6.07) is 0. The molecule has 0 aromatic rings. The number of allylic oxidation sites excluding steroid dienone is 20. The zero-order valence-corrected chi connectivity index (χ0v) is 45.9. The molecule has 1 atom stereocenters. The lowest BCUT2D eigenvalue weighted by Crippen LogP contribution is -2.30. The molecule has 0 spiro atoms. The zero-order valence-electron chi connectivity index (χ0n) is 45.9. The smallest absolute Gasteiger partial charge is 0.306 e. The summed E-state index contributed by atoms with van der Waals surface area (Å²) < 4.78 is 16.8. The Morgan fingerprint density at radius 2 is 0.577 bits per heavy atom. The third-order valence-electron chi connectivity index (χ3n) is 11.9. The number of carbonyl (C=O) groups is 3. The lowest BCUT2D eigenvalue weighted by Gasteiger charge is -2.18. The van der Waals surface area contributed by atoms with E-state index in [4.69, 9.17) is 14.2 Å². The van der Waals surface area contributed by atoms with Crippen molar-refractivity contribution in [2.24, 2.45) is 0 Å². The van der Waals surface area contributed by atoms with Gasteiger partial charge in [-0.05, 0) is 116 Å². The maximum Gasteiger partial charge on any atom is 0.306 e. The average molecular weight is 984 g/mol. The molecule has 6 heteroatoms. The summed E-state index contributed by atoms with van der Waals surface area (Å²) in [5.41, 5.74) is 0. The van der Waals surface area contributed by atoms with Crippen LogP contribution >= 0.6 is 0 Å². The van der Waals surface area contributed by atoms with Crippen molar-refractivity contribution in [1.29, 1.82) is 0 Å². The van der Waals surface area contributed by atoms with Gasteiger partial charge in [0.15, 0.2) is 6.10 Å². The maximum absolute atomic E-state index is 12.9. The van der Waals surface area contributed by atoms with Crippen LogP contribution in [0.4, 0.5) is 0 Å². The minimum atomic E-state index is -0.816. The van der Waals surface area contributed by atoms with E-state index in [0.29, 0.717) is 19.3 Å². The van der Waals surface area contributed by atoms with Crippen LogP contribution in [0.3, 0.4) is 0 Å². The second kappa shape index (κ2) is 58.4. The topological polar surface area (TPSA) is 78.9 Å². The highest BCUT2D eigenvalue weighted by Crippen LogP contribution is 2.15. The van der Waals surface area contributed by atoms with Crippen LogP contribution in [0.1, 0.15) is 252 Å². The van der Waals surface area contributed by atoms with E-state index in [-0.39, 0.29) is 37.5 Å². The highest BCUT2D eigenvalue weighted by atomic mass is 16.6. The van der Waals surface area contributed by atoms with Gasteiger partial charge in [0.2, 0.25) is 0 Å². The molecule has 0 aromatic carbocycles. The standard InChI is InChI=1S/C65H106O6/c1-4-7-10-13-16-19-22-25-27-29-30-31-32-33-34-36-37-40-43-46-49-52-55-58-64(67)70-61-62(60-69-63(66)57-54-51-48-45-42-39-24-21-18-15-12-9-6-3)71-65(68)59-56-53-50-47-44-41-38-35-28-26-23-20-17-14-11-8-5-2/h7,9-10,12,16-21,25-28,30-31,39,42,48,51,62H,4-6,8,11,13-15,22-24,29,32-38,40-41,43-47,49-50,52-61H2,1-3H3/b10-7-,12-9-,19-16-,20-17-,21-18-,27-25-,28-26-,31-30-,42-39-,51-48-. The van der Waals surface area contributed by atoms with Crippen LogP contribution in [0.25, 0.3) is 0 Å². The van der Waals surface area contributed by atoms with Gasteiger partial charge in [0.05, 0.1) is 0 Å². The molecule has 0 aliphatic rings. The van der Waals surface area contributed by atoms with Gasteiger partial charge in [0.1, 0.15) is 13.2 Å². The minimum absolute atomic E-state index is 0.108. The van der Waals surface area contributed by atoms with Gasteiger partial charge in [0, 0.05) is 19.3 Å². The van der Waals surface area contributed by atoms with Crippen LogP contribution in [0.5, 0.6) is 0 Å². The Morgan fingerprint density at radius 1 is 0.296 bits per heavy atom. The first-order valence-corrected chi connectivity index (χ1v) is 29.0. The molecule has 402 valence electrons. The number of carbonyl (C=O) groups excluding carboxylic acids is 3. The molecule has 0 rings (SSSR count). The summed E-state index contributed by atoms with van der Waals surface area (Å²) in [7, 11) is 0. The van der Waals surface area contributed by atoms with Crippen molar-refractivity contribution in [3.63, 3.8) is 0 Å². The van der Waals surface area contributed by atoms with Gasteiger partial charge in [-0.2, -0.15) is 0 Å². The fraction of sp³-hybridized carbons (Fsp3) is 0.646. The molecule has 1 unspecified atom stereocenters. The number of hydrogen-bond acceptors (Lipinski definition) is 6. The summed E-state index contributed by atoms with van der Waals surface area (Å²) in [5.74, 6) is -1.01. The van der Waals surface area contributed by atoms with Crippen molar-refractivity contribution < 1.29 is 28.6 Å². The van der Waals surface area contributed by atoms with E-state index < -0.39 is 6.10 Å². The average Bonchev–Trinajstić information content (AvgIpc) is 3.37. The van der Waals surface area contributed by atoms with Gasteiger partial charge in [0.25, 0.3) is 0 Å². The van der Waals surface area contributed by atoms with Crippen LogP contribution in [0.2, 0.25) is 0 Å². The molecule has 0 saturated heterocycles. The van der Waals surface area contributed by atoms with Gasteiger partial charge in [-0.15, -0.1) is 0 Å². The molecule has 0 fully saturated rings. The van der Waals surface area contributed by atoms with E-state index in [1.54, 1.807) is 0 Å². The first-order valence-electron chi connectivity index (χ1n) is 29.0. The van der Waals surface area contributed by atoms with Crippen LogP contribution in [-0.4, -0.2) is 37.2 Å². The van der Waals surface area contributed by atoms with Crippen LogP contribution in [0.15, 0.2) is 122 Å². The summed E-state index contributed by atoms with van der Waals surface area (Å²) >= 11 is 0. The van der Waals surface area contributed by atoms with E-state index in [0.717, 1.165) is 103 Å². The van der Waals surface area contributed by atoms with Gasteiger partial charge in [-0.25, -0.2) is 0 Å². The molecule has 0 saturated carbocycles. The molecule has 0 N–H and O–H groups in total. The first kappa shape index (κ1) is 66.8. The Morgan fingerprint density at radius 3 is 0.944 bits per heavy atom. The lowest BCUT2D eigenvalue weighted by molar-refractivity contribution is -0.166. The summed E-state index contributed by atoms with van der Waals surface area (Å²) in [4.78, 5) is 38.1. The summed E-state index contributed by atoms with van der Waals surface area (Å²) in [5, 5.41) is 0. The van der Waals surface area contributed by atoms with E-state index in [9.17, 15) is 14.4 Å². The lowest BCUT2D eigenvalue weighted by atomic mass is 10.1. The number of rotatable bonds is 51. The number of esters is 3. The second-order valence-electron chi connectivity index (χ2n) is 18.8. The fourth-order valence-corrected chi connectivity index (χ4v) is 7.65. The highest BCUT2D eigenvalue weighted by molar-refractivity contribution is 5.71. The van der Waals surface area contributed by atoms with E-state index in [1.165, 1.54) is 103 Å². The van der Waals surface area contributed by atoms with E-state index >= 15 is 0 Å². The Hall–Kier alpha value is -4.19. The van der Waals surface area contributed by atoms with Crippen molar-refractivity contribution >= 4 is 17.9 Å². The molecule has 0 heterocycles. The maximum atomic E-state index is 12.9. The molecule has 0 radical (unpaired) electrons. The monoisotopic (exact) mass is 983 g/mol. The molecule has 0 amide bonds. The van der Waals surface area contributed by atoms with Gasteiger partial charge in [-0.1, -0.05) is 239 Å². The normalized spacial score (nSPS) is 13.0. The fourth-order valence-electron chi connectivity index (χ4n) is 7.65. The first-order chi connectivity index (χ1) is 35.0. The molecule has 0 aromatic heterocycles. The summed E-state index contributed by atoms with van der Waals surface area (Å²) in [6.07, 6.45) is 80.6. The quantitative estimate of drug-likeness (QED) is 0.0261. The van der Waals surface area contributed by atoms with Crippen molar-refractivity contribution in [2.45, 2.75) is 258 Å². The van der Waals surface area contributed by atoms with E-state index in [1.807, 2.05) is 6.08 Å². The molecule has 0 aliphatic carbocycles. The number of ether oxygens (including phenoxy) is 3. The minimum Gasteiger partial charge on any atom is -0.462 e. The van der Waals surface area contributed by atoms with E-state index in [2.05, 4.69) is 136 Å². The van der Waals surface area contributed by atoms with Gasteiger partial charge in [-0.3, -0.25) is 14.4 Å². The van der Waals surface area contributed by atoms with Crippen molar-refractivity contribution in [1.82, 2.24) is 0 Å². The Labute approximate surface area is 437 Å². The molecule has 6 nitrogen and oxygen atoms in total. The van der Waals surface area contributed by atoms with Crippen LogP contribution in [0, 0.1) is 0 Å². The predicted octanol–water partition coefficient (Wildman–Crippen LogP) is 19.6. The predicted molar refractivity (Wildman–Crippen MR) is 306 cm³/mol. The SMILES string of the molecule is CC/C=C\C/C=C\C/C=C\C/C=C\CCCCCCCCCCCCC(=O)OCC(COC(=O)CC/C=C\C/C=C\C/C=C\C/C=C\CC)OC(=O)CCCCCCCCC/C=C\C/C=C\CCCCC. The van der Waals surface area contributed by atoms with Crippen molar-refractivity contribution in [3.8, 4) is 0 Å². The third kappa shape index (κ3) is 56.6. The summed E-state index contributed by atoms with van der Waals surface area (Å²) in [6.45, 7) is 6.31. The second-order valence-corrected chi connectivity index (χ2v) is 18.8. The third-order valence-corrected chi connectivity index (χ3v) is 11.9. The molecule has 0 bridgehead atoms. The molecular weight excluding hydrogens is 877 g/mol. The number of unbranched alkanes of at least 4 members (excludes halogenated alkanes) is 20. The number of hydrogen-bond donors (Lipinski definition) is 0. The Kier molecular flexibility index (Phi) is 54.9. The van der Waals surface area contributed by atoms with Gasteiger partial charge >= 0.3 is 17.9 Å². The molecule has 0 aliphatic heterocycles. The van der Waals surface area contributed by atoms with Crippen molar-refractivity contribution in [2.75, 3.05) is 13.2 Å². The van der Waals surface area contributed by atoms with Crippen molar-refractivity contribution in [3.05, 3.63) is 122 Å². The molecule has 71 heavy (non-hydrogen) atoms. The van der Waals surface area contributed by atoms with Crippen LogP contribution in [-0.2, 0) is 28.6 Å².